The van der Waals surface area contributed by atoms with Gasteiger partial charge in [-0.05, 0) is 13.8 Å². The van der Waals surface area contributed by atoms with Gasteiger partial charge in [-0.1, -0.05) is 0 Å². The molecule has 1 heterocycles. The van der Waals surface area contributed by atoms with E-state index in [1.807, 2.05) is 13.8 Å². The van der Waals surface area contributed by atoms with Gasteiger partial charge < -0.3 is 15.8 Å². The summed E-state index contributed by atoms with van der Waals surface area (Å²) in [4.78, 5) is 15.2. The second-order valence-corrected chi connectivity index (χ2v) is 3.08. The Kier molecular flexibility index (Phi) is 4.04. The fourth-order valence-electron chi connectivity index (χ4n) is 1.00. The van der Waals surface area contributed by atoms with Crippen LogP contribution in [0.5, 0.6) is 0 Å². The van der Waals surface area contributed by atoms with Crippen molar-refractivity contribution in [2.75, 3.05) is 18.9 Å². The molecule has 1 amide bonds. The molecule has 0 aliphatic rings. The maximum atomic E-state index is 11.5. The van der Waals surface area contributed by atoms with Crippen LogP contribution in [0.25, 0.3) is 0 Å². The second kappa shape index (κ2) is 5.30. The van der Waals surface area contributed by atoms with E-state index in [-0.39, 0.29) is 23.7 Å². The third-order valence-corrected chi connectivity index (χ3v) is 1.67. The average molecular weight is 213 g/mol. The van der Waals surface area contributed by atoms with Gasteiger partial charge in [0.15, 0.2) is 0 Å². The third-order valence-electron chi connectivity index (χ3n) is 1.67. The van der Waals surface area contributed by atoms with Crippen molar-refractivity contribution in [2.45, 2.75) is 19.9 Å². The van der Waals surface area contributed by atoms with Crippen LogP contribution in [0.15, 0.2) is 0 Å². The van der Waals surface area contributed by atoms with Crippen LogP contribution >= 0.6 is 0 Å². The minimum Gasteiger partial charge on any atom is -0.380 e. The quantitative estimate of drug-likeness (QED) is 0.613. The Morgan fingerprint density at radius 1 is 1.73 bits per heavy atom. The van der Waals surface area contributed by atoms with E-state index in [1.54, 1.807) is 0 Å². The van der Waals surface area contributed by atoms with Gasteiger partial charge in [-0.3, -0.25) is 9.89 Å². The summed E-state index contributed by atoms with van der Waals surface area (Å²) in [5, 5.41) is 8.68. The van der Waals surface area contributed by atoms with E-state index < -0.39 is 0 Å². The number of carbonyl (C=O) groups excluding carboxylic acids is 1. The van der Waals surface area contributed by atoms with Crippen molar-refractivity contribution in [1.29, 1.82) is 0 Å². The van der Waals surface area contributed by atoms with Crippen LogP contribution in [0.1, 0.15) is 24.5 Å². The molecule has 1 rings (SSSR count). The van der Waals surface area contributed by atoms with E-state index in [2.05, 4.69) is 20.5 Å². The Morgan fingerprint density at radius 2 is 2.47 bits per heavy atom. The van der Waals surface area contributed by atoms with Gasteiger partial charge in [0.05, 0.1) is 6.61 Å². The van der Waals surface area contributed by atoms with Crippen molar-refractivity contribution in [3.05, 3.63) is 5.82 Å². The summed E-state index contributed by atoms with van der Waals surface area (Å²) in [6.45, 7) is 4.82. The number of carbonyl (C=O) groups is 1. The van der Waals surface area contributed by atoms with Crippen LogP contribution < -0.4 is 11.1 Å². The van der Waals surface area contributed by atoms with Gasteiger partial charge >= 0.3 is 0 Å². The maximum Gasteiger partial charge on any atom is 0.288 e. The Labute approximate surface area is 87.4 Å². The van der Waals surface area contributed by atoms with Crippen molar-refractivity contribution in [1.82, 2.24) is 20.5 Å². The van der Waals surface area contributed by atoms with Gasteiger partial charge in [-0.2, -0.15) is 4.98 Å². The molecule has 0 radical (unpaired) electrons. The van der Waals surface area contributed by atoms with Crippen LogP contribution in [-0.4, -0.2) is 40.3 Å². The third kappa shape index (κ3) is 3.55. The van der Waals surface area contributed by atoms with Gasteiger partial charge in [0.25, 0.3) is 5.91 Å². The lowest BCUT2D eigenvalue weighted by Crippen LogP contribution is -2.36. The van der Waals surface area contributed by atoms with Crippen molar-refractivity contribution >= 4 is 11.9 Å². The molecule has 4 N–H and O–H groups in total. The highest BCUT2D eigenvalue weighted by Gasteiger charge is 2.13. The minimum absolute atomic E-state index is 0.0533. The lowest BCUT2D eigenvalue weighted by Gasteiger charge is -2.11. The van der Waals surface area contributed by atoms with E-state index in [9.17, 15) is 4.79 Å². The highest BCUT2D eigenvalue weighted by molar-refractivity contribution is 5.90. The average Bonchev–Trinajstić information content (AvgIpc) is 2.61. The monoisotopic (exact) mass is 213 g/mol. The topological polar surface area (TPSA) is 106 Å². The van der Waals surface area contributed by atoms with Crippen LogP contribution in [-0.2, 0) is 4.74 Å². The molecule has 1 atom stereocenters. The highest BCUT2D eigenvalue weighted by Crippen LogP contribution is 1.94. The van der Waals surface area contributed by atoms with Crippen molar-refractivity contribution in [3.8, 4) is 0 Å². The summed E-state index contributed by atoms with van der Waals surface area (Å²) in [7, 11) is 0. The fourth-order valence-corrected chi connectivity index (χ4v) is 1.00. The summed E-state index contributed by atoms with van der Waals surface area (Å²) >= 11 is 0. The van der Waals surface area contributed by atoms with E-state index in [4.69, 9.17) is 10.5 Å². The van der Waals surface area contributed by atoms with E-state index >= 15 is 0 Å². The number of anilines is 1. The molecule has 0 saturated heterocycles. The molecule has 15 heavy (non-hydrogen) atoms. The number of nitrogens with zero attached hydrogens (tertiary/aromatic N) is 2. The predicted octanol–water partition coefficient (Wildman–Crippen LogP) is -0.458. The number of hydrogen-bond acceptors (Lipinski definition) is 5. The molecule has 84 valence electrons. The number of H-pyrrole nitrogens is 1. The molecule has 0 fully saturated rings. The normalized spacial score (nSPS) is 12.4. The molecule has 1 unspecified atom stereocenters. The number of hydrogen-bond donors (Lipinski definition) is 3. The highest BCUT2D eigenvalue weighted by atomic mass is 16.5. The molecule has 7 heteroatoms. The molecule has 0 bridgehead atoms. The first-order valence-corrected chi connectivity index (χ1v) is 4.70. The Morgan fingerprint density at radius 3 is 3.00 bits per heavy atom. The first-order chi connectivity index (χ1) is 7.13. The molecule has 1 aromatic rings. The molecular formula is C8H15N5O2. The van der Waals surface area contributed by atoms with Crippen LogP contribution in [0, 0.1) is 0 Å². The standard InChI is InChI=1S/C8H15N5O2/c1-3-15-4-5(2)10-7(14)6-11-8(9)13-12-6/h5H,3-4H2,1-2H3,(H,10,14)(H3,9,11,12,13). The van der Waals surface area contributed by atoms with Crippen molar-refractivity contribution < 1.29 is 9.53 Å². The molecule has 1 aromatic heterocycles. The summed E-state index contributed by atoms with van der Waals surface area (Å²) in [5.41, 5.74) is 5.27. The molecule has 0 saturated carbocycles. The Bertz CT molecular complexity index is 325. The summed E-state index contributed by atoms with van der Waals surface area (Å²) < 4.78 is 5.15. The number of aromatic nitrogens is 3. The molecular weight excluding hydrogens is 198 g/mol. The number of nitrogen functional groups attached to an aromatic ring is 1. The largest absolute Gasteiger partial charge is 0.380 e. The summed E-state index contributed by atoms with van der Waals surface area (Å²) in [6.07, 6.45) is 0. The number of nitrogens with two attached hydrogens (primary N) is 1. The zero-order valence-corrected chi connectivity index (χ0v) is 8.78. The zero-order chi connectivity index (χ0) is 11.3. The van der Waals surface area contributed by atoms with Gasteiger partial charge in [-0.25, -0.2) is 0 Å². The molecule has 0 spiro atoms. The molecule has 0 aliphatic heterocycles. The molecule has 7 nitrogen and oxygen atoms in total. The molecule has 0 aliphatic carbocycles. The summed E-state index contributed by atoms with van der Waals surface area (Å²) in [5.74, 6) is -0.181. The zero-order valence-electron chi connectivity index (χ0n) is 8.78. The van der Waals surface area contributed by atoms with Gasteiger partial charge in [0, 0.05) is 12.6 Å². The van der Waals surface area contributed by atoms with Crippen LogP contribution in [0.3, 0.4) is 0 Å². The number of aromatic amines is 1. The van der Waals surface area contributed by atoms with Gasteiger partial charge in [-0.15, -0.1) is 5.10 Å². The number of rotatable bonds is 5. The van der Waals surface area contributed by atoms with E-state index in [0.717, 1.165) is 0 Å². The predicted molar refractivity (Wildman–Crippen MR) is 54.2 cm³/mol. The fraction of sp³-hybridized carbons (Fsp3) is 0.625. The first kappa shape index (κ1) is 11.4. The van der Waals surface area contributed by atoms with E-state index in [0.29, 0.717) is 13.2 Å². The minimum atomic E-state index is -0.341. The Hall–Kier alpha value is -1.63. The number of nitrogens with one attached hydrogen (secondary N) is 2. The van der Waals surface area contributed by atoms with Crippen LogP contribution in [0.2, 0.25) is 0 Å². The van der Waals surface area contributed by atoms with Crippen molar-refractivity contribution in [3.63, 3.8) is 0 Å². The smallest absolute Gasteiger partial charge is 0.288 e. The van der Waals surface area contributed by atoms with Crippen LogP contribution in [0.4, 0.5) is 5.95 Å². The van der Waals surface area contributed by atoms with Gasteiger partial charge in [0.2, 0.25) is 11.8 Å². The lowest BCUT2D eigenvalue weighted by molar-refractivity contribution is 0.0863. The van der Waals surface area contributed by atoms with Gasteiger partial charge in [0.1, 0.15) is 0 Å². The Balaban J connectivity index is 2.42. The molecule has 0 aromatic carbocycles. The second-order valence-electron chi connectivity index (χ2n) is 3.08. The number of ether oxygens (including phenoxy) is 1. The summed E-state index contributed by atoms with van der Waals surface area (Å²) in [6, 6.07) is -0.0798. The lowest BCUT2D eigenvalue weighted by atomic mass is 10.3. The van der Waals surface area contributed by atoms with Crippen molar-refractivity contribution in [2.24, 2.45) is 0 Å². The maximum absolute atomic E-state index is 11.5. The van der Waals surface area contributed by atoms with E-state index in [1.165, 1.54) is 0 Å². The SMILES string of the molecule is CCOCC(C)NC(=O)c1nc(N)n[nH]1. The number of amides is 1. The first-order valence-electron chi connectivity index (χ1n) is 4.70.